The van der Waals surface area contributed by atoms with Crippen LogP contribution in [0.25, 0.3) is 0 Å². The number of furan rings is 1. The number of carbonyl (C=O) groups excluding carboxylic acids is 3. The minimum Gasteiger partial charge on any atom is -0.493 e. The molecule has 0 unspecified atom stereocenters. The first kappa shape index (κ1) is 21.2. The Hall–Kier alpha value is -3.49. The quantitative estimate of drug-likeness (QED) is 0.604. The maximum Gasteiger partial charge on any atom is 0.340 e. The summed E-state index contributed by atoms with van der Waals surface area (Å²) in [6.07, 6.45) is 3.54. The van der Waals surface area contributed by atoms with E-state index in [1.165, 1.54) is 38.7 Å². The van der Waals surface area contributed by atoms with Gasteiger partial charge in [0.15, 0.2) is 23.9 Å². The van der Waals surface area contributed by atoms with Crippen molar-refractivity contribution >= 4 is 23.5 Å². The van der Waals surface area contributed by atoms with E-state index in [1.807, 2.05) is 6.92 Å². The number of nitrogens with one attached hydrogen (secondary N) is 2. The summed E-state index contributed by atoms with van der Waals surface area (Å²) < 4.78 is 20.7. The zero-order chi connectivity index (χ0) is 21.7. The molecule has 0 aliphatic heterocycles. The number of amides is 2. The van der Waals surface area contributed by atoms with Crippen LogP contribution in [0.5, 0.6) is 11.5 Å². The number of hydrogen-bond donors (Lipinski definition) is 2. The van der Waals surface area contributed by atoms with Crippen molar-refractivity contribution in [2.45, 2.75) is 25.8 Å². The van der Waals surface area contributed by atoms with E-state index in [-0.39, 0.29) is 34.7 Å². The van der Waals surface area contributed by atoms with Crippen LogP contribution in [0.15, 0.2) is 34.9 Å². The highest BCUT2D eigenvalue weighted by Crippen LogP contribution is 2.34. The Morgan fingerprint density at radius 2 is 1.87 bits per heavy atom. The van der Waals surface area contributed by atoms with Gasteiger partial charge < -0.3 is 29.3 Å². The van der Waals surface area contributed by atoms with E-state index in [1.54, 1.807) is 6.07 Å². The minimum absolute atomic E-state index is 0.00981. The van der Waals surface area contributed by atoms with Crippen LogP contribution < -0.4 is 20.1 Å². The van der Waals surface area contributed by atoms with Crippen molar-refractivity contribution in [3.63, 3.8) is 0 Å². The Labute approximate surface area is 173 Å². The molecule has 9 heteroatoms. The Balaban J connectivity index is 1.75. The van der Waals surface area contributed by atoms with Crippen molar-refractivity contribution in [1.82, 2.24) is 5.32 Å². The van der Waals surface area contributed by atoms with Crippen molar-refractivity contribution in [1.29, 1.82) is 0 Å². The van der Waals surface area contributed by atoms with Gasteiger partial charge in [-0.05, 0) is 37.8 Å². The molecule has 1 aromatic carbocycles. The van der Waals surface area contributed by atoms with Crippen LogP contribution in [-0.4, -0.2) is 44.7 Å². The highest BCUT2D eigenvalue weighted by Gasteiger charge is 2.29. The fourth-order valence-electron chi connectivity index (χ4n) is 2.96. The van der Waals surface area contributed by atoms with Gasteiger partial charge >= 0.3 is 5.97 Å². The topological polar surface area (TPSA) is 116 Å². The number of rotatable bonds is 9. The van der Waals surface area contributed by atoms with E-state index >= 15 is 0 Å². The van der Waals surface area contributed by atoms with Gasteiger partial charge in [-0.25, -0.2) is 4.79 Å². The average molecular weight is 416 g/mol. The number of anilines is 1. The monoisotopic (exact) mass is 416 g/mol. The second kappa shape index (κ2) is 9.34. The van der Waals surface area contributed by atoms with Crippen LogP contribution in [0.2, 0.25) is 0 Å². The standard InChI is InChI=1S/C21H24N2O7/c1-12(13-6-7-13)22-19(24)11-30-21(26)14-9-17(27-2)18(28-3)10-15(14)23-20(25)16-5-4-8-29-16/h4-5,8-10,12-13H,6-7,11H2,1-3H3,(H,22,24)(H,23,25)/t12-/m1/s1. The molecule has 1 aromatic heterocycles. The first-order valence-electron chi connectivity index (χ1n) is 9.50. The Morgan fingerprint density at radius 3 is 2.47 bits per heavy atom. The molecule has 1 heterocycles. The van der Waals surface area contributed by atoms with Gasteiger partial charge in [0.25, 0.3) is 11.8 Å². The van der Waals surface area contributed by atoms with Gasteiger partial charge in [-0.1, -0.05) is 0 Å². The molecular formula is C21H24N2O7. The van der Waals surface area contributed by atoms with Gasteiger partial charge in [-0.2, -0.15) is 0 Å². The molecule has 1 aliphatic carbocycles. The van der Waals surface area contributed by atoms with E-state index in [0.29, 0.717) is 11.7 Å². The SMILES string of the molecule is COc1cc(NC(=O)c2ccco2)c(C(=O)OCC(=O)N[C@H](C)C2CC2)cc1OC. The number of hydrogen-bond acceptors (Lipinski definition) is 7. The second-order valence-corrected chi connectivity index (χ2v) is 6.95. The van der Waals surface area contributed by atoms with Gasteiger partial charge in [0.05, 0.1) is 31.7 Å². The minimum atomic E-state index is -0.792. The normalized spacial score (nSPS) is 13.8. The molecular weight excluding hydrogens is 392 g/mol. The predicted molar refractivity (Wildman–Crippen MR) is 107 cm³/mol. The number of ether oxygens (including phenoxy) is 3. The molecule has 0 radical (unpaired) electrons. The van der Waals surface area contributed by atoms with Gasteiger partial charge in [0.2, 0.25) is 0 Å². The van der Waals surface area contributed by atoms with Crippen LogP contribution >= 0.6 is 0 Å². The van der Waals surface area contributed by atoms with E-state index < -0.39 is 18.5 Å². The van der Waals surface area contributed by atoms with Gasteiger partial charge in [-0.3, -0.25) is 9.59 Å². The average Bonchev–Trinajstić information content (AvgIpc) is 3.45. The van der Waals surface area contributed by atoms with Crippen LogP contribution in [0.4, 0.5) is 5.69 Å². The lowest BCUT2D eigenvalue weighted by Crippen LogP contribution is -2.37. The van der Waals surface area contributed by atoms with E-state index in [9.17, 15) is 14.4 Å². The third-order valence-corrected chi connectivity index (χ3v) is 4.79. The lowest BCUT2D eigenvalue weighted by atomic mass is 10.1. The largest absolute Gasteiger partial charge is 0.493 e. The highest BCUT2D eigenvalue weighted by molar-refractivity contribution is 6.07. The summed E-state index contributed by atoms with van der Waals surface area (Å²) in [5.74, 6) is -0.606. The molecule has 0 spiro atoms. The Morgan fingerprint density at radius 1 is 1.17 bits per heavy atom. The highest BCUT2D eigenvalue weighted by atomic mass is 16.5. The second-order valence-electron chi connectivity index (χ2n) is 6.95. The number of esters is 1. The summed E-state index contributed by atoms with van der Waals surface area (Å²) in [5.41, 5.74) is 0.140. The van der Waals surface area contributed by atoms with E-state index in [4.69, 9.17) is 18.6 Å². The Kier molecular flexibility index (Phi) is 6.61. The van der Waals surface area contributed by atoms with Crippen molar-refractivity contribution in [2.24, 2.45) is 5.92 Å². The molecule has 30 heavy (non-hydrogen) atoms. The molecule has 0 bridgehead atoms. The zero-order valence-corrected chi connectivity index (χ0v) is 17.0. The van der Waals surface area contributed by atoms with Crippen LogP contribution in [-0.2, 0) is 9.53 Å². The summed E-state index contributed by atoms with van der Waals surface area (Å²) in [7, 11) is 2.85. The molecule has 2 N–H and O–H groups in total. The maximum atomic E-state index is 12.7. The fraction of sp³-hybridized carbons (Fsp3) is 0.381. The third-order valence-electron chi connectivity index (χ3n) is 4.79. The van der Waals surface area contributed by atoms with Crippen molar-refractivity contribution < 1.29 is 33.0 Å². The van der Waals surface area contributed by atoms with Crippen molar-refractivity contribution in [2.75, 3.05) is 26.1 Å². The van der Waals surface area contributed by atoms with Crippen molar-refractivity contribution in [3.05, 3.63) is 41.9 Å². The van der Waals surface area contributed by atoms with E-state index in [0.717, 1.165) is 12.8 Å². The zero-order valence-electron chi connectivity index (χ0n) is 17.0. The Bertz CT molecular complexity index is 920. The van der Waals surface area contributed by atoms with Crippen LogP contribution in [0.3, 0.4) is 0 Å². The summed E-state index contributed by atoms with van der Waals surface area (Å²) in [4.78, 5) is 37.1. The summed E-state index contributed by atoms with van der Waals surface area (Å²) in [6.45, 7) is 1.49. The fourth-order valence-corrected chi connectivity index (χ4v) is 2.96. The predicted octanol–water partition coefficient (Wildman–Crippen LogP) is 2.62. The third kappa shape index (κ3) is 5.11. The van der Waals surface area contributed by atoms with Gasteiger partial charge in [0.1, 0.15) is 0 Å². The van der Waals surface area contributed by atoms with Crippen LogP contribution in [0.1, 0.15) is 40.7 Å². The molecule has 1 atom stereocenters. The number of benzene rings is 1. The smallest absolute Gasteiger partial charge is 0.340 e. The maximum absolute atomic E-state index is 12.7. The molecule has 1 fully saturated rings. The van der Waals surface area contributed by atoms with Gasteiger partial charge in [-0.15, -0.1) is 0 Å². The van der Waals surface area contributed by atoms with Crippen molar-refractivity contribution in [3.8, 4) is 11.5 Å². The molecule has 160 valence electrons. The molecule has 1 saturated carbocycles. The summed E-state index contributed by atoms with van der Waals surface area (Å²) in [6, 6.07) is 5.91. The van der Waals surface area contributed by atoms with Crippen LogP contribution in [0, 0.1) is 5.92 Å². The lowest BCUT2D eigenvalue weighted by molar-refractivity contribution is -0.124. The molecule has 3 rings (SSSR count). The number of carbonyl (C=O) groups is 3. The number of methoxy groups -OCH3 is 2. The molecule has 2 aromatic rings. The first-order valence-corrected chi connectivity index (χ1v) is 9.50. The van der Waals surface area contributed by atoms with E-state index in [2.05, 4.69) is 10.6 Å². The lowest BCUT2D eigenvalue weighted by Gasteiger charge is -2.16. The summed E-state index contributed by atoms with van der Waals surface area (Å²) >= 11 is 0. The molecule has 9 nitrogen and oxygen atoms in total. The summed E-state index contributed by atoms with van der Waals surface area (Å²) in [5, 5.41) is 5.41. The molecule has 1 aliphatic rings. The first-order chi connectivity index (χ1) is 14.4. The molecule has 2 amide bonds. The van der Waals surface area contributed by atoms with Gasteiger partial charge in [0, 0.05) is 18.2 Å². The molecule has 0 saturated heterocycles.